The first kappa shape index (κ1) is 16.5. The number of amides is 1. The third-order valence-electron chi connectivity index (χ3n) is 3.18. The van der Waals surface area contributed by atoms with E-state index in [0.717, 1.165) is 0 Å². The molecule has 0 aliphatic heterocycles. The van der Waals surface area contributed by atoms with Gasteiger partial charge in [0, 0.05) is 28.2 Å². The van der Waals surface area contributed by atoms with Gasteiger partial charge in [-0.3, -0.25) is 4.79 Å². The van der Waals surface area contributed by atoms with Gasteiger partial charge in [-0.05, 0) is 12.1 Å². The highest BCUT2D eigenvalue weighted by atomic mass is 16.5. The summed E-state index contributed by atoms with van der Waals surface area (Å²) >= 11 is 0. The first-order chi connectivity index (χ1) is 10.9. The summed E-state index contributed by atoms with van der Waals surface area (Å²) in [5.74, 6) is 1.45. The molecule has 0 fully saturated rings. The predicted octanol–water partition coefficient (Wildman–Crippen LogP) is 1.87. The van der Waals surface area contributed by atoms with E-state index in [-0.39, 0.29) is 5.91 Å². The van der Waals surface area contributed by atoms with Gasteiger partial charge in [-0.25, -0.2) is 4.98 Å². The van der Waals surface area contributed by atoms with Crippen LogP contribution in [0.1, 0.15) is 10.4 Å². The van der Waals surface area contributed by atoms with Crippen molar-refractivity contribution in [1.29, 1.82) is 0 Å². The molecule has 2 rings (SSSR count). The van der Waals surface area contributed by atoms with Crippen molar-refractivity contribution in [2.24, 2.45) is 0 Å². The number of aromatic nitrogens is 2. The zero-order valence-corrected chi connectivity index (χ0v) is 14.0. The molecule has 0 unspecified atom stereocenters. The van der Waals surface area contributed by atoms with Crippen molar-refractivity contribution >= 4 is 23.4 Å². The standard InChI is InChI=1S/C16H21N5O2/c1-20(2)14-12(10-17-16(19-14)21(3)4)18-15(22)11-8-6-7-9-13(11)23-5/h6-10H,1-5H3,(H,18,22). The number of nitrogens with zero attached hydrogens (tertiary/aromatic N) is 4. The van der Waals surface area contributed by atoms with Gasteiger partial charge in [0.25, 0.3) is 5.91 Å². The van der Waals surface area contributed by atoms with Crippen LogP contribution in [0.3, 0.4) is 0 Å². The van der Waals surface area contributed by atoms with E-state index in [1.165, 1.54) is 7.11 Å². The van der Waals surface area contributed by atoms with Gasteiger partial charge in [-0.2, -0.15) is 4.98 Å². The molecular weight excluding hydrogens is 294 g/mol. The summed E-state index contributed by atoms with van der Waals surface area (Å²) in [5, 5.41) is 2.84. The topological polar surface area (TPSA) is 70.6 Å². The highest BCUT2D eigenvalue weighted by Crippen LogP contribution is 2.25. The number of para-hydroxylation sites is 1. The van der Waals surface area contributed by atoms with Crippen LogP contribution in [0.2, 0.25) is 0 Å². The van der Waals surface area contributed by atoms with E-state index in [4.69, 9.17) is 4.74 Å². The maximum absolute atomic E-state index is 12.5. The molecule has 0 saturated heterocycles. The third-order valence-corrected chi connectivity index (χ3v) is 3.18. The minimum atomic E-state index is -0.272. The molecular formula is C16H21N5O2. The van der Waals surface area contributed by atoms with Gasteiger partial charge >= 0.3 is 0 Å². The minimum absolute atomic E-state index is 0.272. The SMILES string of the molecule is COc1ccccc1C(=O)Nc1cnc(N(C)C)nc1N(C)C. The molecule has 0 atom stereocenters. The molecule has 7 heteroatoms. The van der Waals surface area contributed by atoms with Crippen LogP contribution in [0.5, 0.6) is 5.75 Å². The van der Waals surface area contributed by atoms with Crippen molar-refractivity contribution in [3.63, 3.8) is 0 Å². The number of benzene rings is 1. The average Bonchev–Trinajstić information content (AvgIpc) is 2.54. The van der Waals surface area contributed by atoms with Crippen molar-refractivity contribution in [3.8, 4) is 5.75 Å². The second-order valence-electron chi connectivity index (χ2n) is 5.35. The summed E-state index contributed by atoms with van der Waals surface area (Å²) < 4.78 is 5.22. The molecule has 23 heavy (non-hydrogen) atoms. The monoisotopic (exact) mass is 315 g/mol. The molecule has 0 spiro atoms. The number of carbonyl (C=O) groups excluding carboxylic acids is 1. The van der Waals surface area contributed by atoms with Crippen LogP contribution in [-0.4, -0.2) is 51.2 Å². The number of rotatable bonds is 5. The van der Waals surface area contributed by atoms with Gasteiger partial charge in [0.2, 0.25) is 5.95 Å². The largest absolute Gasteiger partial charge is 0.496 e. The predicted molar refractivity (Wildman–Crippen MR) is 91.6 cm³/mol. The van der Waals surface area contributed by atoms with Crippen LogP contribution in [0.15, 0.2) is 30.5 Å². The smallest absolute Gasteiger partial charge is 0.259 e. The summed E-state index contributed by atoms with van der Waals surface area (Å²) in [7, 11) is 8.98. The van der Waals surface area contributed by atoms with Crippen LogP contribution in [0.4, 0.5) is 17.5 Å². The second kappa shape index (κ2) is 6.95. The third kappa shape index (κ3) is 3.68. The highest BCUT2D eigenvalue weighted by Gasteiger charge is 2.16. The van der Waals surface area contributed by atoms with Gasteiger partial charge in [0.15, 0.2) is 5.82 Å². The fourth-order valence-electron chi connectivity index (χ4n) is 2.03. The minimum Gasteiger partial charge on any atom is -0.496 e. The van der Waals surface area contributed by atoms with Crippen molar-refractivity contribution < 1.29 is 9.53 Å². The van der Waals surface area contributed by atoms with Crippen LogP contribution < -0.4 is 19.9 Å². The molecule has 1 amide bonds. The van der Waals surface area contributed by atoms with E-state index >= 15 is 0 Å². The lowest BCUT2D eigenvalue weighted by Gasteiger charge is -2.19. The Hall–Kier alpha value is -2.83. The number of hydrogen-bond donors (Lipinski definition) is 1. The molecule has 2 aromatic rings. The molecule has 1 N–H and O–H groups in total. The molecule has 0 radical (unpaired) electrons. The molecule has 1 aromatic carbocycles. The van der Waals surface area contributed by atoms with E-state index in [1.54, 1.807) is 29.3 Å². The van der Waals surface area contributed by atoms with Gasteiger partial charge < -0.3 is 19.9 Å². The van der Waals surface area contributed by atoms with Gasteiger partial charge in [-0.15, -0.1) is 0 Å². The Kier molecular flexibility index (Phi) is 5.00. The maximum Gasteiger partial charge on any atom is 0.259 e. The highest BCUT2D eigenvalue weighted by molar-refractivity contribution is 6.07. The van der Waals surface area contributed by atoms with E-state index in [0.29, 0.717) is 28.8 Å². The van der Waals surface area contributed by atoms with Crippen LogP contribution in [0, 0.1) is 0 Å². The Morgan fingerprint density at radius 2 is 1.83 bits per heavy atom. The van der Waals surface area contributed by atoms with Crippen molar-refractivity contribution in [1.82, 2.24) is 9.97 Å². The van der Waals surface area contributed by atoms with Gasteiger partial charge in [-0.1, -0.05) is 12.1 Å². The lowest BCUT2D eigenvalue weighted by molar-refractivity contribution is 0.102. The maximum atomic E-state index is 12.5. The molecule has 1 aromatic heterocycles. The fourth-order valence-corrected chi connectivity index (χ4v) is 2.03. The Morgan fingerprint density at radius 3 is 2.43 bits per heavy atom. The van der Waals surface area contributed by atoms with E-state index in [2.05, 4.69) is 15.3 Å². The Morgan fingerprint density at radius 1 is 1.13 bits per heavy atom. The average molecular weight is 315 g/mol. The second-order valence-corrected chi connectivity index (χ2v) is 5.35. The number of anilines is 3. The number of hydrogen-bond acceptors (Lipinski definition) is 6. The van der Waals surface area contributed by atoms with Gasteiger partial charge in [0.05, 0.1) is 18.9 Å². The lowest BCUT2D eigenvalue weighted by Crippen LogP contribution is -2.21. The zero-order valence-electron chi connectivity index (χ0n) is 14.0. The van der Waals surface area contributed by atoms with Crippen molar-refractivity contribution in [2.75, 3.05) is 50.4 Å². The van der Waals surface area contributed by atoms with Crippen molar-refractivity contribution in [2.45, 2.75) is 0 Å². The lowest BCUT2D eigenvalue weighted by atomic mass is 10.2. The summed E-state index contributed by atoms with van der Waals surface area (Å²) in [6.45, 7) is 0. The molecule has 0 saturated carbocycles. The van der Waals surface area contributed by atoms with E-state index in [1.807, 2.05) is 39.2 Å². The van der Waals surface area contributed by atoms with Gasteiger partial charge in [0.1, 0.15) is 11.4 Å². The molecule has 122 valence electrons. The molecule has 7 nitrogen and oxygen atoms in total. The first-order valence-electron chi connectivity index (χ1n) is 7.10. The normalized spacial score (nSPS) is 10.1. The number of ether oxygens (including phenoxy) is 1. The van der Waals surface area contributed by atoms with E-state index in [9.17, 15) is 4.79 Å². The number of nitrogens with one attached hydrogen (secondary N) is 1. The number of carbonyl (C=O) groups is 1. The fraction of sp³-hybridized carbons (Fsp3) is 0.312. The van der Waals surface area contributed by atoms with Crippen molar-refractivity contribution in [3.05, 3.63) is 36.0 Å². The molecule has 1 heterocycles. The van der Waals surface area contributed by atoms with Crippen LogP contribution in [-0.2, 0) is 0 Å². The Bertz CT molecular complexity index is 701. The molecule has 0 bridgehead atoms. The quantitative estimate of drug-likeness (QED) is 0.908. The Balaban J connectivity index is 2.34. The summed E-state index contributed by atoms with van der Waals surface area (Å²) in [6.07, 6.45) is 1.60. The molecule has 0 aliphatic rings. The molecule has 0 aliphatic carbocycles. The zero-order chi connectivity index (χ0) is 17.0. The summed E-state index contributed by atoms with van der Waals surface area (Å²) in [4.78, 5) is 24.9. The van der Waals surface area contributed by atoms with E-state index < -0.39 is 0 Å². The van der Waals surface area contributed by atoms with Crippen LogP contribution in [0.25, 0.3) is 0 Å². The summed E-state index contributed by atoms with van der Waals surface area (Å²) in [6, 6.07) is 7.05. The number of methoxy groups -OCH3 is 1. The summed E-state index contributed by atoms with van der Waals surface area (Å²) in [5.41, 5.74) is 0.993. The first-order valence-corrected chi connectivity index (χ1v) is 7.10. The van der Waals surface area contributed by atoms with Crippen LogP contribution >= 0.6 is 0 Å². The Labute approximate surface area is 135 Å².